The summed E-state index contributed by atoms with van der Waals surface area (Å²) in [7, 11) is 3.25. The number of aliphatic hydroxyl groups is 1. The first-order chi connectivity index (χ1) is 27.4. The highest BCUT2D eigenvalue weighted by atomic mass is 16.6. The molecule has 0 bridgehead atoms. The number of carbonyl (C=O) groups excluding carboxylic acids is 4. The van der Waals surface area contributed by atoms with Crippen molar-refractivity contribution in [1.82, 2.24) is 16.0 Å². The Labute approximate surface area is 353 Å². The molecule has 0 heterocycles. The third kappa shape index (κ3) is 18.2. The van der Waals surface area contributed by atoms with E-state index in [2.05, 4.69) is 29.8 Å². The number of esters is 1. The second-order valence-electron chi connectivity index (χ2n) is 19.2. The number of alkyl carbamates (subject to hydrolysis) is 2. The van der Waals surface area contributed by atoms with Gasteiger partial charge < -0.3 is 49.5 Å². The first kappa shape index (κ1) is 51.4. The van der Waals surface area contributed by atoms with Gasteiger partial charge in [0.15, 0.2) is 11.5 Å². The van der Waals surface area contributed by atoms with Gasteiger partial charge in [0.05, 0.1) is 25.9 Å². The van der Waals surface area contributed by atoms with Crippen LogP contribution in [-0.2, 0) is 35.0 Å². The summed E-state index contributed by atoms with van der Waals surface area (Å²) in [6.45, 7) is 23.2. The SMILES string of the molecule is COCCCOc1cc(C[C@@H](C[C@H](NC(=O)OC(C)(C)C)[C@@H](O)CNC(=O)C(C)(C)C2CCC(OC(=O)[C@@H](NC(=O)OC(C)(C)C)C(C)C)CC2)C(C)C)ccc1OC. The zero-order valence-corrected chi connectivity index (χ0v) is 38.5. The molecule has 0 radical (unpaired) electrons. The minimum absolute atomic E-state index is 0.00488. The number of hydrogen-bond donors (Lipinski definition) is 4. The summed E-state index contributed by atoms with van der Waals surface area (Å²) in [5.74, 6) is 0.536. The number of ether oxygens (including phenoxy) is 6. The molecule has 3 amide bonds. The molecule has 4 atom stereocenters. The van der Waals surface area contributed by atoms with E-state index in [9.17, 15) is 24.3 Å². The lowest BCUT2D eigenvalue weighted by Gasteiger charge is -2.38. The number of hydrogen-bond acceptors (Lipinski definition) is 11. The topological polar surface area (TPSA) is 180 Å². The molecule has 59 heavy (non-hydrogen) atoms. The van der Waals surface area contributed by atoms with Crippen LogP contribution in [0.15, 0.2) is 18.2 Å². The van der Waals surface area contributed by atoms with Gasteiger partial charge in [0.2, 0.25) is 5.91 Å². The molecule has 0 unspecified atom stereocenters. The molecule has 0 saturated heterocycles. The fraction of sp³-hybridized carbons (Fsp3) is 0.778. The van der Waals surface area contributed by atoms with Gasteiger partial charge in [-0.2, -0.15) is 0 Å². The zero-order chi connectivity index (χ0) is 44.7. The van der Waals surface area contributed by atoms with Gasteiger partial charge in [0, 0.05) is 32.1 Å². The number of aliphatic hydroxyl groups excluding tert-OH is 1. The van der Waals surface area contributed by atoms with E-state index >= 15 is 0 Å². The van der Waals surface area contributed by atoms with E-state index in [1.807, 2.05) is 45.9 Å². The average molecular weight is 836 g/mol. The van der Waals surface area contributed by atoms with E-state index in [-0.39, 0.29) is 42.2 Å². The Hall–Kier alpha value is -3.78. The van der Waals surface area contributed by atoms with Gasteiger partial charge in [-0.3, -0.25) is 4.79 Å². The summed E-state index contributed by atoms with van der Waals surface area (Å²) in [6.07, 6.45) is 1.46. The van der Waals surface area contributed by atoms with Crippen LogP contribution in [0.4, 0.5) is 9.59 Å². The average Bonchev–Trinajstić information content (AvgIpc) is 3.12. The Morgan fingerprint density at radius 3 is 1.92 bits per heavy atom. The van der Waals surface area contributed by atoms with E-state index in [1.54, 1.807) is 55.8 Å². The smallest absolute Gasteiger partial charge is 0.408 e. The number of nitrogens with one attached hydrogen (secondary N) is 3. The van der Waals surface area contributed by atoms with Crippen molar-refractivity contribution in [2.75, 3.05) is 34.0 Å². The van der Waals surface area contributed by atoms with Crippen molar-refractivity contribution >= 4 is 24.1 Å². The second kappa shape index (κ2) is 23.3. The molecular formula is C45H77N3O11. The molecule has 14 nitrogen and oxygen atoms in total. The van der Waals surface area contributed by atoms with Crippen molar-refractivity contribution < 1.29 is 52.7 Å². The molecule has 1 aliphatic rings. The summed E-state index contributed by atoms with van der Waals surface area (Å²) < 4.78 is 33.5. The van der Waals surface area contributed by atoms with Crippen LogP contribution in [0.25, 0.3) is 0 Å². The monoisotopic (exact) mass is 836 g/mol. The van der Waals surface area contributed by atoms with Gasteiger partial charge >= 0.3 is 18.2 Å². The van der Waals surface area contributed by atoms with E-state index in [4.69, 9.17) is 28.4 Å². The Kier molecular flexibility index (Phi) is 20.3. The third-order valence-corrected chi connectivity index (χ3v) is 10.8. The summed E-state index contributed by atoms with van der Waals surface area (Å²) in [6, 6.07) is 4.27. The lowest BCUT2D eigenvalue weighted by Crippen LogP contribution is -2.52. The largest absolute Gasteiger partial charge is 0.493 e. The first-order valence-electron chi connectivity index (χ1n) is 21.3. The lowest BCUT2D eigenvalue weighted by molar-refractivity contribution is -0.156. The molecule has 1 fully saturated rings. The van der Waals surface area contributed by atoms with Gasteiger partial charge in [-0.1, -0.05) is 47.6 Å². The van der Waals surface area contributed by atoms with Crippen molar-refractivity contribution in [2.24, 2.45) is 29.1 Å². The van der Waals surface area contributed by atoms with Gasteiger partial charge in [-0.25, -0.2) is 14.4 Å². The molecule has 14 heteroatoms. The zero-order valence-electron chi connectivity index (χ0n) is 38.5. The molecule has 4 N–H and O–H groups in total. The van der Waals surface area contributed by atoms with Crippen LogP contribution in [0.2, 0.25) is 0 Å². The van der Waals surface area contributed by atoms with Crippen molar-refractivity contribution in [3.05, 3.63) is 23.8 Å². The molecule has 0 aromatic heterocycles. The molecule has 338 valence electrons. The molecule has 1 aromatic carbocycles. The summed E-state index contributed by atoms with van der Waals surface area (Å²) in [5, 5.41) is 20.2. The van der Waals surface area contributed by atoms with Crippen LogP contribution in [0.1, 0.15) is 127 Å². The normalized spacial score (nSPS) is 18.3. The molecule has 0 spiro atoms. The predicted octanol–water partition coefficient (Wildman–Crippen LogP) is 7.36. The lowest BCUT2D eigenvalue weighted by atomic mass is 9.70. The van der Waals surface area contributed by atoms with Crippen molar-refractivity contribution in [3.8, 4) is 11.5 Å². The first-order valence-corrected chi connectivity index (χ1v) is 21.3. The maximum absolute atomic E-state index is 13.8. The molecule has 1 saturated carbocycles. The van der Waals surface area contributed by atoms with Gasteiger partial charge in [0.1, 0.15) is 23.3 Å². The highest BCUT2D eigenvalue weighted by Gasteiger charge is 2.41. The van der Waals surface area contributed by atoms with Gasteiger partial charge in [0.25, 0.3) is 0 Å². The van der Waals surface area contributed by atoms with Crippen molar-refractivity contribution in [1.29, 1.82) is 0 Å². The third-order valence-electron chi connectivity index (χ3n) is 10.8. The van der Waals surface area contributed by atoms with Crippen LogP contribution in [-0.4, -0.2) is 98.6 Å². The number of methoxy groups -OCH3 is 2. The minimum Gasteiger partial charge on any atom is -0.493 e. The minimum atomic E-state index is -1.11. The van der Waals surface area contributed by atoms with Crippen LogP contribution in [0, 0.1) is 29.1 Å². The maximum atomic E-state index is 13.8. The summed E-state index contributed by atoms with van der Waals surface area (Å²) >= 11 is 0. The number of rotatable bonds is 21. The fourth-order valence-corrected chi connectivity index (χ4v) is 7.16. The molecule has 2 rings (SSSR count). The maximum Gasteiger partial charge on any atom is 0.408 e. The fourth-order valence-electron chi connectivity index (χ4n) is 7.16. The van der Waals surface area contributed by atoms with Gasteiger partial charge in [-0.15, -0.1) is 0 Å². The van der Waals surface area contributed by atoms with Crippen LogP contribution in [0.5, 0.6) is 11.5 Å². The summed E-state index contributed by atoms with van der Waals surface area (Å²) in [4.78, 5) is 52.4. The van der Waals surface area contributed by atoms with Crippen molar-refractivity contribution in [2.45, 2.75) is 164 Å². The Morgan fingerprint density at radius 1 is 0.797 bits per heavy atom. The summed E-state index contributed by atoms with van der Waals surface area (Å²) in [5.41, 5.74) is -1.22. The molecule has 1 aromatic rings. The van der Waals surface area contributed by atoms with E-state index in [0.717, 1.165) is 12.0 Å². The molecule has 1 aliphatic carbocycles. The Morgan fingerprint density at radius 2 is 1.39 bits per heavy atom. The standard InChI is InChI=1S/C45H77N3O11/c1-28(2)31(24-30-16-21-36(55-14)37(25-30)56-23-15-22-54-13)26-34(47-41(52)58-43(5,6)7)35(49)27-46-40(51)45(11,12)32-17-19-33(20-18-32)57-39(50)38(29(3)4)48-42(53)59-44(8,9)10/h16,21,25,28-29,31-35,38,49H,15,17-20,22-24,26-27H2,1-14H3,(H,46,51)(H,47,52)(H,48,53)/t31-,32?,33?,34-,35-,38-/m0/s1. The van der Waals surface area contributed by atoms with Crippen LogP contribution in [0.3, 0.4) is 0 Å². The van der Waals surface area contributed by atoms with E-state index in [0.29, 0.717) is 63.2 Å². The Balaban J connectivity index is 2.11. The number of benzene rings is 1. The van der Waals surface area contributed by atoms with Crippen LogP contribution < -0.4 is 25.4 Å². The van der Waals surface area contributed by atoms with E-state index < -0.39 is 53.0 Å². The number of amides is 3. The quantitative estimate of drug-likeness (QED) is 0.0552. The van der Waals surface area contributed by atoms with Crippen molar-refractivity contribution in [3.63, 3.8) is 0 Å². The van der Waals surface area contributed by atoms with Gasteiger partial charge in [-0.05, 0) is 121 Å². The van der Waals surface area contributed by atoms with Crippen LogP contribution >= 0.6 is 0 Å². The highest BCUT2D eigenvalue weighted by Crippen LogP contribution is 2.39. The predicted molar refractivity (Wildman–Crippen MR) is 227 cm³/mol. The Bertz CT molecular complexity index is 1480. The highest BCUT2D eigenvalue weighted by molar-refractivity contribution is 5.82. The van der Waals surface area contributed by atoms with E-state index in [1.165, 1.54) is 0 Å². The number of carbonyl (C=O) groups is 4. The molecule has 0 aliphatic heterocycles. The second-order valence-corrected chi connectivity index (χ2v) is 19.2. The molecular weight excluding hydrogens is 759 g/mol.